The normalized spacial score (nSPS) is 19.4. The average molecular weight is 415 g/mol. The van der Waals surface area contributed by atoms with Crippen molar-refractivity contribution in [3.8, 4) is 0 Å². The summed E-state index contributed by atoms with van der Waals surface area (Å²) in [5.74, 6) is 1.81. The first-order chi connectivity index (χ1) is 12.1. The van der Waals surface area contributed by atoms with Gasteiger partial charge in [0.15, 0.2) is 0 Å². The summed E-state index contributed by atoms with van der Waals surface area (Å²) in [7, 11) is 0. The van der Waals surface area contributed by atoms with E-state index in [4.69, 9.17) is 0 Å². The summed E-state index contributed by atoms with van der Waals surface area (Å²) in [6, 6.07) is 0.240. The number of aromatic nitrogens is 2. The minimum atomic E-state index is -0.0259. The predicted octanol–water partition coefficient (Wildman–Crippen LogP) is 1.95. The topological polar surface area (TPSA) is 78.1 Å². The molecule has 9 heteroatoms. The molecule has 1 atom stereocenters. The number of thioether (sulfide) groups is 1. The van der Waals surface area contributed by atoms with Crippen LogP contribution in [0.15, 0.2) is 4.79 Å². The maximum atomic E-state index is 12.4. The molecular weight excluding hydrogens is 392 g/mol. The van der Waals surface area contributed by atoms with E-state index in [9.17, 15) is 9.59 Å². The van der Waals surface area contributed by atoms with E-state index < -0.39 is 0 Å². The van der Waals surface area contributed by atoms with E-state index in [0.29, 0.717) is 17.3 Å². The van der Waals surface area contributed by atoms with Crippen molar-refractivity contribution in [1.82, 2.24) is 20.2 Å². The quantitative estimate of drug-likeness (QED) is 0.799. The molecule has 2 N–H and O–H groups in total. The van der Waals surface area contributed by atoms with Gasteiger partial charge in [-0.05, 0) is 31.7 Å². The third-order valence-corrected chi connectivity index (χ3v) is 7.02. The van der Waals surface area contributed by atoms with Crippen LogP contribution in [-0.4, -0.2) is 52.2 Å². The van der Waals surface area contributed by atoms with Crippen LogP contribution in [0.3, 0.4) is 0 Å². The molecule has 2 aromatic heterocycles. The number of piperazine rings is 1. The molecule has 1 aliphatic heterocycles. The number of hydrogen-bond donors (Lipinski definition) is 2. The zero-order valence-corrected chi connectivity index (χ0v) is 17.1. The fourth-order valence-electron chi connectivity index (χ4n) is 3.64. The number of nitrogens with zero attached hydrogens (tertiary/aromatic N) is 2. The molecule has 0 spiro atoms. The van der Waals surface area contributed by atoms with Crippen LogP contribution in [0.2, 0.25) is 0 Å². The maximum Gasteiger partial charge on any atom is 0.259 e. The maximum absolute atomic E-state index is 12.4. The molecule has 1 aliphatic carbocycles. The number of amides is 1. The van der Waals surface area contributed by atoms with Gasteiger partial charge < -0.3 is 15.2 Å². The Balaban J connectivity index is 0.00000196. The Morgan fingerprint density at radius 2 is 2.27 bits per heavy atom. The number of hydrogen-bond acceptors (Lipinski definition) is 6. The van der Waals surface area contributed by atoms with Crippen molar-refractivity contribution in [3.63, 3.8) is 0 Å². The fraction of sp³-hybridized carbons (Fsp3) is 0.588. The van der Waals surface area contributed by atoms with Crippen LogP contribution >= 0.6 is 35.5 Å². The van der Waals surface area contributed by atoms with Gasteiger partial charge in [-0.1, -0.05) is 0 Å². The molecule has 6 nitrogen and oxygen atoms in total. The molecule has 2 aliphatic rings. The Kier molecular flexibility index (Phi) is 6.27. The summed E-state index contributed by atoms with van der Waals surface area (Å²) < 4.78 is 0. The second-order valence-corrected chi connectivity index (χ2v) is 8.75. The van der Waals surface area contributed by atoms with E-state index >= 15 is 0 Å². The van der Waals surface area contributed by atoms with Crippen molar-refractivity contribution in [2.75, 3.05) is 25.4 Å². The number of halogens is 1. The van der Waals surface area contributed by atoms with Gasteiger partial charge in [-0.2, -0.15) is 0 Å². The number of rotatable bonds is 4. The Hall–Kier alpha value is -1.09. The molecule has 1 saturated heterocycles. The molecule has 1 amide bonds. The van der Waals surface area contributed by atoms with Crippen LogP contribution < -0.4 is 10.9 Å². The van der Waals surface area contributed by atoms with Crippen LogP contribution in [-0.2, 0) is 23.4 Å². The van der Waals surface area contributed by atoms with Crippen LogP contribution in [0.25, 0.3) is 10.2 Å². The van der Waals surface area contributed by atoms with Crippen molar-refractivity contribution in [2.24, 2.45) is 0 Å². The Morgan fingerprint density at radius 3 is 3.08 bits per heavy atom. The molecule has 142 valence electrons. The van der Waals surface area contributed by atoms with E-state index in [1.165, 1.54) is 22.2 Å². The first kappa shape index (κ1) is 19.7. The second-order valence-electron chi connectivity index (χ2n) is 6.68. The highest BCUT2D eigenvalue weighted by Gasteiger charge is 2.23. The summed E-state index contributed by atoms with van der Waals surface area (Å²) in [5.41, 5.74) is 1.18. The zero-order valence-electron chi connectivity index (χ0n) is 14.7. The first-order valence-corrected chi connectivity index (χ1v) is 10.7. The first-order valence-electron chi connectivity index (χ1n) is 8.75. The van der Waals surface area contributed by atoms with Gasteiger partial charge in [-0.25, -0.2) is 4.98 Å². The lowest BCUT2D eigenvalue weighted by Crippen LogP contribution is -2.52. The molecule has 26 heavy (non-hydrogen) atoms. The smallest absolute Gasteiger partial charge is 0.259 e. The summed E-state index contributed by atoms with van der Waals surface area (Å²) in [6.07, 6.45) is 3.20. The summed E-state index contributed by atoms with van der Waals surface area (Å²) in [5, 5.41) is 4.08. The van der Waals surface area contributed by atoms with E-state index in [-0.39, 0.29) is 29.9 Å². The van der Waals surface area contributed by atoms with Crippen molar-refractivity contribution in [1.29, 1.82) is 0 Å². The number of nitrogens with one attached hydrogen (secondary N) is 2. The van der Waals surface area contributed by atoms with Crippen LogP contribution in [0.4, 0.5) is 0 Å². The Labute approximate surface area is 166 Å². The van der Waals surface area contributed by atoms with Crippen molar-refractivity contribution in [2.45, 2.75) is 38.0 Å². The highest BCUT2D eigenvalue weighted by Crippen LogP contribution is 2.34. The third-order valence-electron chi connectivity index (χ3n) is 4.91. The molecule has 2 aromatic rings. The van der Waals surface area contributed by atoms with E-state index in [1.807, 2.05) is 4.90 Å². The summed E-state index contributed by atoms with van der Waals surface area (Å²) in [4.78, 5) is 36.4. The Bertz CT molecular complexity index is 866. The van der Waals surface area contributed by atoms with E-state index in [1.54, 1.807) is 11.3 Å². The van der Waals surface area contributed by atoms with Gasteiger partial charge in [0.2, 0.25) is 5.91 Å². The molecule has 0 unspecified atom stereocenters. The van der Waals surface area contributed by atoms with Crippen LogP contribution in [0.5, 0.6) is 0 Å². The van der Waals surface area contributed by atoms with Gasteiger partial charge in [-0.3, -0.25) is 9.59 Å². The van der Waals surface area contributed by atoms with Crippen molar-refractivity contribution >= 4 is 51.6 Å². The summed E-state index contributed by atoms with van der Waals surface area (Å²) in [6.45, 7) is 4.54. The number of aromatic amines is 1. The number of fused-ring (bicyclic) bond motifs is 3. The fourth-order valence-corrected chi connectivity index (χ4v) is 5.70. The van der Waals surface area contributed by atoms with E-state index in [2.05, 4.69) is 22.2 Å². The third kappa shape index (κ3) is 3.78. The zero-order chi connectivity index (χ0) is 17.4. The standard InChI is InChI=1S/C17H22N4O2S2.ClH/c1-10-7-18-5-6-21(10)14(22)9-24-8-13-19-16(23)15-11-3-2-4-12(11)25-17(15)20-13;/h10,18H,2-9H2,1H3,(H,19,20,23);1H/t10-;/m0./s1. The second kappa shape index (κ2) is 8.29. The number of aryl methyl sites for hydroxylation is 2. The lowest BCUT2D eigenvalue weighted by Gasteiger charge is -2.33. The molecule has 0 radical (unpaired) electrons. The molecule has 0 aromatic carbocycles. The predicted molar refractivity (Wildman–Crippen MR) is 110 cm³/mol. The van der Waals surface area contributed by atoms with Gasteiger partial charge in [0, 0.05) is 30.6 Å². The van der Waals surface area contributed by atoms with Crippen LogP contribution in [0, 0.1) is 0 Å². The molecular formula is C17H23ClN4O2S2. The minimum absolute atomic E-state index is 0. The SMILES string of the molecule is C[C@H]1CNCCN1C(=O)CSCc1nc2sc3c(c2c(=O)[nH]1)CCC3.Cl. The largest absolute Gasteiger partial charge is 0.337 e. The van der Waals surface area contributed by atoms with E-state index in [0.717, 1.165) is 49.1 Å². The molecule has 0 bridgehead atoms. The monoisotopic (exact) mass is 414 g/mol. The molecule has 1 fully saturated rings. The molecule has 3 heterocycles. The highest BCUT2D eigenvalue weighted by atomic mass is 35.5. The lowest BCUT2D eigenvalue weighted by atomic mass is 10.2. The number of carbonyl (C=O) groups excluding carboxylic acids is 1. The van der Waals surface area contributed by atoms with Gasteiger partial charge >= 0.3 is 0 Å². The number of H-pyrrole nitrogens is 1. The molecule has 4 rings (SSSR count). The average Bonchev–Trinajstić information content (AvgIpc) is 3.15. The van der Waals surface area contributed by atoms with Gasteiger partial charge in [-0.15, -0.1) is 35.5 Å². The van der Waals surface area contributed by atoms with Crippen molar-refractivity contribution in [3.05, 3.63) is 26.6 Å². The number of thiophene rings is 1. The van der Waals surface area contributed by atoms with Gasteiger partial charge in [0.1, 0.15) is 10.7 Å². The van der Waals surface area contributed by atoms with Crippen LogP contribution in [0.1, 0.15) is 29.6 Å². The Morgan fingerprint density at radius 1 is 1.42 bits per heavy atom. The van der Waals surface area contributed by atoms with Gasteiger partial charge in [0.05, 0.1) is 16.9 Å². The summed E-state index contributed by atoms with van der Waals surface area (Å²) >= 11 is 3.17. The lowest BCUT2D eigenvalue weighted by molar-refractivity contribution is -0.131. The van der Waals surface area contributed by atoms with Crippen molar-refractivity contribution < 1.29 is 4.79 Å². The number of carbonyl (C=O) groups is 1. The molecule has 0 saturated carbocycles. The van der Waals surface area contributed by atoms with Gasteiger partial charge in [0.25, 0.3) is 5.56 Å². The highest BCUT2D eigenvalue weighted by molar-refractivity contribution is 7.99. The minimum Gasteiger partial charge on any atom is -0.337 e.